The number of benzene rings is 1. The summed E-state index contributed by atoms with van der Waals surface area (Å²) in [6.07, 6.45) is 0.732. The number of nitrogens with zero attached hydrogens (tertiary/aromatic N) is 1. The highest BCUT2D eigenvalue weighted by molar-refractivity contribution is 9.10. The lowest BCUT2D eigenvalue weighted by molar-refractivity contribution is 0.472. The number of halogens is 1. The van der Waals surface area contributed by atoms with Gasteiger partial charge in [-0.3, -0.25) is 0 Å². The fourth-order valence-electron chi connectivity index (χ4n) is 1.73. The zero-order valence-corrected chi connectivity index (χ0v) is 11.0. The normalized spacial score (nSPS) is 22.5. The highest BCUT2D eigenvalue weighted by Crippen LogP contribution is 2.21. The number of hydrogen-bond donors (Lipinski definition) is 1. The van der Waals surface area contributed by atoms with E-state index in [9.17, 15) is 8.42 Å². The predicted molar refractivity (Wildman–Crippen MR) is 65.5 cm³/mol. The molecule has 1 fully saturated rings. The molecular weight excluding hydrogens is 292 g/mol. The SMILES string of the molecule is N[C@@H]1CCN(S(=O)(=O)c2ccc(Br)cc2)C1. The van der Waals surface area contributed by atoms with Gasteiger partial charge in [0.15, 0.2) is 0 Å². The molecule has 0 aromatic heterocycles. The van der Waals surface area contributed by atoms with Crippen LogP contribution in [0.15, 0.2) is 33.6 Å². The molecule has 1 aliphatic rings. The van der Waals surface area contributed by atoms with E-state index in [-0.39, 0.29) is 6.04 Å². The minimum Gasteiger partial charge on any atom is -0.326 e. The molecule has 2 N–H and O–H groups in total. The highest BCUT2D eigenvalue weighted by atomic mass is 79.9. The van der Waals surface area contributed by atoms with E-state index in [1.54, 1.807) is 24.3 Å². The summed E-state index contributed by atoms with van der Waals surface area (Å²) < 4.78 is 26.6. The van der Waals surface area contributed by atoms with Gasteiger partial charge in [0.05, 0.1) is 4.90 Å². The summed E-state index contributed by atoms with van der Waals surface area (Å²) in [4.78, 5) is 0.324. The minimum absolute atomic E-state index is 0.0368. The molecule has 6 heteroatoms. The first kappa shape index (κ1) is 12.0. The third kappa shape index (κ3) is 2.29. The number of rotatable bonds is 2. The van der Waals surface area contributed by atoms with Crippen LogP contribution in [0.25, 0.3) is 0 Å². The quantitative estimate of drug-likeness (QED) is 0.892. The Labute approximate surface area is 104 Å². The third-order valence-electron chi connectivity index (χ3n) is 2.64. The average molecular weight is 305 g/mol. The van der Waals surface area contributed by atoms with Gasteiger partial charge in [-0.2, -0.15) is 4.31 Å². The van der Waals surface area contributed by atoms with E-state index in [0.29, 0.717) is 18.0 Å². The molecule has 1 aromatic carbocycles. The van der Waals surface area contributed by atoms with Gasteiger partial charge in [0.2, 0.25) is 10.0 Å². The van der Waals surface area contributed by atoms with Crippen molar-refractivity contribution >= 4 is 26.0 Å². The highest BCUT2D eigenvalue weighted by Gasteiger charge is 2.30. The van der Waals surface area contributed by atoms with Crippen LogP contribution in [-0.2, 0) is 10.0 Å². The molecule has 1 atom stereocenters. The van der Waals surface area contributed by atoms with Crippen LogP contribution in [0.4, 0.5) is 0 Å². The summed E-state index contributed by atoms with van der Waals surface area (Å²) in [5.41, 5.74) is 5.71. The Morgan fingerprint density at radius 3 is 2.44 bits per heavy atom. The summed E-state index contributed by atoms with van der Waals surface area (Å²) in [6.45, 7) is 0.929. The van der Waals surface area contributed by atoms with Crippen molar-refractivity contribution in [2.24, 2.45) is 5.73 Å². The lowest BCUT2D eigenvalue weighted by Crippen LogP contribution is -2.31. The van der Waals surface area contributed by atoms with Crippen LogP contribution in [0, 0.1) is 0 Å². The molecule has 2 rings (SSSR count). The Morgan fingerprint density at radius 1 is 1.31 bits per heavy atom. The second-order valence-corrected chi connectivity index (χ2v) is 6.72. The van der Waals surface area contributed by atoms with E-state index in [2.05, 4.69) is 15.9 Å². The largest absolute Gasteiger partial charge is 0.326 e. The monoisotopic (exact) mass is 304 g/mol. The van der Waals surface area contributed by atoms with Gasteiger partial charge in [-0.1, -0.05) is 15.9 Å². The molecule has 1 aliphatic heterocycles. The zero-order chi connectivity index (χ0) is 11.8. The van der Waals surface area contributed by atoms with Crippen molar-refractivity contribution in [3.63, 3.8) is 0 Å². The van der Waals surface area contributed by atoms with Crippen molar-refractivity contribution in [2.75, 3.05) is 13.1 Å². The second kappa shape index (κ2) is 4.44. The van der Waals surface area contributed by atoms with Crippen LogP contribution in [0.5, 0.6) is 0 Å². The van der Waals surface area contributed by atoms with Crippen LogP contribution >= 0.6 is 15.9 Å². The van der Waals surface area contributed by atoms with Crippen molar-refractivity contribution < 1.29 is 8.42 Å². The van der Waals surface area contributed by atoms with Crippen molar-refractivity contribution in [3.05, 3.63) is 28.7 Å². The van der Waals surface area contributed by atoms with Crippen LogP contribution in [0.3, 0.4) is 0 Å². The molecule has 1 aromatic rings. The Morgan fingerprint density at radius 2 is 1.94 bits per heavy atom. The van der Waals surface area contributed by atoms with Crippen molar-refractivity contribution in [1.82, 2.24) is 4.31 Å². The van der Waals surface area contributed by atoms with E-state index in [1.807, 2.05) is 0 Å². The molecule has 0 amide bonds. The first-order valence-electron chi connectivity index (χ1n) is 5.01. The molecule has 0 aliphatic carbocycles. The van der Waals surface area contributed by atoms with E-state index in [1.165, 1.54) is 4.31 Å². The second-order valence-electron chi connectivity index (χ2n) is 3.87. The molecule has 0 unspecified atom stereocenters. The zero-order valence-electron chi connectivity index (χ0n) is 8.64. The molecule has 1 heterocycles. The lowest BCUT2D eigenvalue weighted by Gasteiger charge is -2.15. The summed E-state index contributed by atoms with van der Waals surface area (Å²) in [5.74, 6) is 0. The van der Waals surface area contributed by atoms with Gasteiger partial charge < -0.3 is 5.73 Å². The lowest BCUT2D eigenvalue weighted by atomic mass is 10.3. The average Bonchev–Trinajstić information content (AvgIpc) is 2.66. The summed E-state index contributed by atoms with van der Waals surface area (Å²) in [5, 5.41) is 0. The van der Waals surface area contributed by atoms with Gasteiger partial charge >= 0.3 is 0 Å². The molecular formula is C10H13BrN2O2S. The first-order valence-corrected chi connectivity index (χ1v) is 7.25. The van der Waals surface area contributed by atoms with Crippen LogP contribution in [-0.4, -0.2) is 31.9 Å². The summed E-state index contributed by atoms with van der Waals surface area (Å²) >= 11 is 3.28. The van der Waals surface area contributed by atoms with Gasteiger partial charge in [-0.05, 0) is 30.7 Å². The van der Waals surface area contributed by atoms with Gasteiger partial charge in [0.25, 0.3) is 0 Å². The number of nitrogens with two attached hydrogens (primary N) is 1. The van der Waals surface area contributed by atoms with E-state index >= 15 is 0 Å². The van der Waals surface area contributed by atoms with E-state index in [0.717, 1.165) is 10.9 Å². The maximum absolute atomic E-state index is 12.1. The Bertz CT molecular complexity index is 472. The van der Waals surface area contributed by atoms with Crippen molar-refractivity contribution in [2.45, 2.75) is 17.4 Å². The number of hydrogen-bond acceptors (Lipinski definition) is 3. The number of sulfonamides is 1. The Hall–Kier alpha value is -0.430. The van der Waals surface area contributed by atoms with Gasteiger partial charge in [0.1, 0.15) is 0 Å². The van der Waals surface area contributed by atoms with Gasteiger partial charge in [-0.25, -0.2) is 8.42 Å². The molecule has 4 nitrogen and oxygen atoms in total. The summed E-state index contributed by atoms with van der Waals surface area (Å²) in [7, 11) is -3.36. The topological polar surface area (TPSA) is 63.4 Å². The smallest absolute Gasteiger partial charge is 0.243 e. The Balaban J connectivity index is 2.29. The molecule has 88 valence electrons. The standard InChI is InChI=1S/C10H13BrN2O2S/c11-8-1-3-10(4-2-8)16(14,15)13-6-5-9(12)7-13/h1-4,9H,5-7,12H2/t9-/m1/s1. The predicted octanol–water partition coefficient (Wildman–Crippen LogP) is 1.17. The molecule has 0 bridgehead atoms. The Kier molecular flexibility index (Phi) is 3.34. The van der Waals surface area contributed by atoms with Crippen molar-refractivity contribution in [1.29, 1.82) is 0 Å². The fourth-order valence-corrected chi connectivity index (χ4v) is 3.50. The first-order chi connectivity index (χ1) is 7.50. The van der Waals surface area contributed by atoms with Crippen LogP contribution in [0.2, 0.25) is 0 Å². The minimum atomic E-state index is -3.36. The maximum Gasteiger partial charge on any atom is 0.243 e. The molecule has 1 saturated heterocycles. The van der Waals surface area contributed by atoms with Gasteiger partial charge in [-0.15, -0.1) is 0 Å². The van der Waals surface area contributed by atoms with Gasteiger partial charge in [0, 0.05) is 23.6 Å². The fraction of sp³-hybridized carbons (Fsp3) is 0.400. The summed E-state index contributed by atoms with van der Waals surface area (Å²) in [6, 6.07) is 6.61. The van der Waals surface area contributed by atoms with Crippen LogP contribution in [0.1, 0.15) is 6.42 Å². The van der Waals surface area contributed by atoms with Crippen LogP contribution < -0.4 is 5.73 Å². The maximum atomic E-state index is 12.1. The van der Waals surface area contributed by atoms with Crippen molar-refractivity contribution in [3.8, 4) is 0 Å². The molecule has 0 saturated carbocycles. The molecule has 0 spiro atoms. The molecule has 0 radical (unpaired) electrons. The third-order valence-corrected chi connectivity index (χ3v) is 5.05. The molecule has 16 heavy (non-hydrogen) atoms. The van der Waals surface area contributed by atoms with E-state index < -0.39 is 10.0 Å². The van der Waals surface area contributed by atoms with E-state index in [4.69, 9.17) is 5.73 Å².